The van der Waals surface area contributed by atoms with Gasteiger partial charge in [-0.25, -0.2) is 4.39 Å². The van der Waals surface area contributed by atoms with Gasteiger partial charge in [0.2, 0.25) is 0 Å². The number of alkyl halides is 2. The molecule has 0 bridgehead atoms. The summed E-state index contributed by atoms with van der Waals surface area (Å²) in [4.78, 5) is 0. The zero-order valence-electron chi connectivity index (χ0n) is 15.5. The smallest absolute Gasteiger partial charge is 0.426 e. The Balaban J connectivity index is 1.80. The van der Waals surface area contributed by atoms with Crippen molar-refractivity contribution in [3.05, 3.63) is 91.3 Å². The molecule has 0 saturated heterocycles. The van der Waals surface area contributed by atoms with Crippen molar-refractivity contribution in [1.82, 2.24) is 0 Å². The standard InChI is InChI=1S/C23H19F3O3/c1-3-11-27-19-9-6-18(7-10-19)23(25,26)29-20-8-5-16-15-22(28-12-4-2)21(24)14-17(16)13-20/h3-10,13-15H,1-2,11-12H2. The van der Waals surface area contributed by atoms with Crippen molar-refractivity contribution in [2.75, 3.05) is 13.2 Å². The molecule has 0 spiro atoms. The van der Waals surface area contributed by atoms with Crippen LogP contribution in [0.3, 0.4) is 0 Å². The fourth-order valence-electron chi connectivity index (χ4n) is 2.66. The first kappa shape index (κ1) is 20.3. The van der Waals surface area contributed by atoms with E-state index in [1.807, 2.05) is 0 Å². The largest absolute Gasteiger partial charge is 0.490 e. The van der Waals surface area contributed by atoms with Crippen LogP contribution >= 0.6 is 0 Å². The molecule has 0 atom stereocenters. The van der Waals surface area contributed by atoms with E-state index in [2.05, 4.69) is 13.2 Å². The quantitative estimate of drug-likeness (QED) is 0.398. The lowest BCUT2D eigenvalue weighted by Crippen LogP contribution is -2.21. The second-order valence-electron chi connectivity index (χ2n) is 6.13. The number of halogens is 3. The summed E-state index contributed by atoms with van der Waals surface area (Å²) in [7, 11) is 0. The second-order valence-corrected chi connectivity index (χ2v) is 6.13. The number of fused-ring (bicyclic) bond motifs is 1. The third-order valence-corrected chi connectivity index (χ3v) is 4.02. The molecule has 0 aliphatic rings. The van der Waals surface area contributed by atoms with Crippen LogP contribution < -0.4 is 14.2 Å². The molecule has 0 saturated carbocycles. The maximum Gasteiger partial charge on any atom is 0.426 e. The zero-order chi connectivity index (χ0) is 20.9. The van der Waals surface area contributed by atoms with E-state index in [1.54, 1.807) is 12.1 Å². The minimum absolute atomic E-state index is 0.0650. The third kappa shape index (κ3) is 4.90. The van der Waals surface area contributed by atoms with Crippen molar-refractivity contribution in [2.24, 2.45) is 0 Å². The van der Waals surface area contributed by atoms with E-state index in [9.17, 15) is 13.2 Å². The van der Waals surface area contributed by atoms with Crippen LogP contribution in [0, 0.1) is 5.82 Å². The normalized spacial score (nSPS) is 11.1. The molecular weight excluding hydrogens is 381 g/mol. The molecule has 0 radical (unpaired) electrons. The summed E-state index contributed by atoms with van der Waals surface area (Å²) in [5, 5.41) is 1.04. The van der Waals surface area contributed by atoms with E-state index in [-0.39, 0.29) is 30.3 Å². The van der Waals surface area contributed by atoms with Gasteiger partial charge in [0.25, 0.3) is 0 Å². The number of ether oxygens (including phenoxy) is 3. The number of hydrogen-bond donors (Lipinski definition) is 0. The van der Waals surface area contributed by atoms with Crippen molar-refractivity contribution in [3.63, 3.8) is 0 Å². The van der Waals surface area contributed by atoms with Gasteiger partial charge in [-0.3, -0.25) is 0 Å². The summed E-state index contributed by atoms with van der Waals surface area (Å²) in [5.41, 5.74) is -0.331. The van der Waals surface area contributed by atoms with E-state index >= 15 is 0 Å². The molecule has 3 aromatic rings. The van der Waals surface area contributed by atoms with Gasteiger partial charge in [-0.2, -0.15) is 8.78 Å². The van der Waals surface area contributed by atoms with Gasteiger partial charge in [-0.1, -0.05) is 31.4 Å². The molecule has 6 heteroatoms. The maximum atomic E-state index is 14.5. The molecular formula is C23H19F3O3. The molecule has 0 N–H and O–H groups in total. The highest BCUT2D eigenvalue weighted by molar-refractivity contribution is 5.85. The van der Waals surface area contributed by atoms with E-state index in [0.717, 1.165) is 0 Å². The minimum atomic E-state index is -3.57. The van der Waals surface area contributed by atoms with Crippen LogP contribution in [-0.2, 0) is 6.11 Å². The molecule has 0 aliphatic carbocycles. The molecule has 0 unspecified atom stereocenters. The van der Waals surface area contributed by atoms with Crippen molar-refractivity contribution in [1.29, 1.82) is 0 Å². The molecule has 0 amide bonds. The Hall–Kier alpha value is -3.41. The highest BCUT2D eigenvalue weighted by Gasteiger charge is 2.34. The highest BCUT2D eigenvalue weighted by Crippen LogP contribution is 2.34. The van der Waals surface area contributed by atoms with Crippen LogP contribution in [-0.4, -0.2) is 13.2 Å². The van der Waals surface area contributed by atoms with Crippen LogP contribution in [0.5, 0.6) is 17.2 Å². The summed E-state index contributed by atoms with van der Waals surface area (Å²) in [6.07, 6.45) is -0.514. The number of hydrogen-bond acceptors (Lipinski definition) is 3. The molecule has 0 aliphatic heterocycles. The molecule has 3 rings (SSSR count). The van der Waals surface area contributed by atoms with E-state index in [0.29, 0.717) is 16.5 Å². The first-order valence-electron chi connectivity index (χ1n) is 8.81. The monoisotopic (exact) mass is 400 g/mol. The summed E-state index contributed by atoms with van der Waals surface area (Å²) in [6.45, 7) is 7.47. The minimum Gasteiger partial charge on any atom is -0.490 e. The third-order valence-electron chi connectivity index (χ3n) is 4.02. The Morgan fingerprint density at radius 1 is 0.793 bits per heavy atom. The summed E-state index contributed by atoms with van der Waals surface area (Å²) in [5.74, 6) is -0.178. The molecule has 3 aromatic carbocycles. The highest BCUT2D eigenvalue weighted by atomic mass is 19.3. The summed E-state index contributed by atoms with van der Waals surface area (Å²) < 4.78 is 58.6. The van der Waals surface area contributed by atoms with Gasteiger partial charge in [0.05, 0.1) is 5.56 Å². The van der Waals surface area contributed by atoms with Crippen LogP contribution in [0.1, 0.15) is 5.56 Å². The topological polar surface area (TPSA) is 27.7 Å². The molecule has 0 heterocycles. The molecule has 150 valence electrons. The average Bonchev–Trinajstić information content (AvgIpc) is 2.70. The van der Waals surface area contributed by atoms with Gasteiger partial charge in [0.1, 0.15) is 24.7 Å². The van der Waals surface area contributed by atoms with Crippen LogP contribution in [0.15, 0.2) is 79.9 Å². The number of benzene rings is 3. The van der Waals surface area contributed by atoms with E-state index < -0.39 is 11.9 Å². The number of rotatable bonds is 9. The maximum absolute atomic E-state index is 14.5. The SMILES string of the molecule is C=CCOc1ccc(C(F)(F)Oc2ccc3cc(OCC=C)c(F)cc3c2)cc1. The van der Waals surface area contributed by atoms with Gasteiger partial charge in [-0.15, -0.1) is 0 Å². The Labute approximate surface area is 166 Å². The van der Waals surface area contributed by atoms with E-state index in [1.165, 1.54) is 54.6 Å². The average molecular weight is 400 g/mol. The van der Waals surface area contributed by atoms with Gasteiger partial charge in [0, 0.05) is 0 Å². The molecule has 0 aromatic heterocycles. The Kier molecular flexibility index (Phi) is 6.12. The summed E-state index contributed by atoms with van der Waals surface area (Å²) >= 11 is 0. The second kappa shape index (κ2) is 8.73. The predicted octanol–water partition coefficient (Wildman–Crippen LogP) is 6.24. The molecule has 3 nitrogen and oxygen atoms in total. The van der Waals surface area contributed by atoms with Gasteiger partial charge in [0.15, 0.2) is 11.6 Å². The van der Waals surface area contributed by atoms with Crippen LogP contribution in [0.2, 0.25) is 0 Å². The Morgan fingerprint density at radius 3 is 2.14 bits per heavy atom. The summed E-state index contributed by atoms with van der Waals surface area (Å²) in [6, 6.07) is 12.3. The zero-order valence-corrected chi connectivity index (χ0v) is 15.5. The lowest BCUT2D eigenvalue weighted by Gasteiger charge is -2.19. The predicted molar refractivity (Wildman–Crippen MR) is 106 cm³/mol. The van der Waals surface area contributed by atoms with Crippen LogP contribution in [0.25, 0.3) is 10.8 Å². The molecule has 29 heavy (non-hydrogen) atoms. The first-order valence-corrected chi connectivity index (χ1v) is 8.81. The van der Waals surface area contributed by atoms with Crippen molar-refractivity contribution >= 4 is 10.8 Å². The fourth-order valence-corrected chi connectivity index (χ4v) is 2.66. The van der Waals surface area contributed by atoms with Gasteiger partial charge < -0.3 is 14.2 Å². The fraction of sp³-hybridized carbons (Fsp3) is 0.130. The first-order chi connectivity index (χ1) is 13.9. The lowest BCUT2D eigenvalue weighted by atomic mass is 10.1. The van der Waals surface area contributed by atoms with Gasteiger partial charge >= 0.3 is 6.11 Å². The van der Waals surface area contributed by atoms with Crippen molar-refractivity contribution < 1.29 is 27.4 Å². The lowest BCUT2D eigenvalue weighted by molar-refractivity contribution is -0.185. The van der Waals surface area contributed by atoms with Crippen LogP contribution in [0.4, 0.5) is 13.2 Å². The Morgan fingerprint density at radius 2 is 1.45 bits per heavy atom. The van der Waals surface area contributed by atoms with Crippen molar-refractivity contribution in [2.45, 2.75) is 6.11 Å². The Bertz CT molecular complexity index is 1010. The van der Waals surface area contributed by atoms with Gasteiger partial charge in [-0.05, 0) is 59.3 Å². The van der Waals surface area contributed by atoms with E-state index in [4.69, 9.17) is 14.2 Å². The van der Waals surface area contributed by atoms with Crippen molar-refractivity contribution in [3.8, 4) is 17.2 Å². The molecule has 0 fully saturated rings.